The van der Waals surface area contributed by atoms with Crippen molar-refractivity contribution in [3.8, 4) is 0 Å². The van der Waals surface area contributed by atoms with Gasteiger partial charge in [0.1, 0.15) is 5.83 Å². The fraction of sp³-hybridized carbons (Fsp3) is 0.467. The minimum atomic E-state index is 0.119. The lowest BCUT2D eigenvalue weighted by Crippen LogP contribution is -2.04. The number of anilines is 1. The van der Waals surface area contributed by atoms with Crippen molar-refractivity contribution in [3.63, 3.8) is 0 Å². The van der Waals surface area contributed by atoms with Crippen LogP contribution in [0.2, 0.25) is 0 Å². The van der Waals surface area contributed by atoms with E-state index in [1.165, 1.54) is 6.42 Å². The highest BCUT2D eigenvalue weighted by atomic mass is 19.1. The SMILES string of the molecule is FC(CCNc1ccccc1)=C1CCCCC1. The molecular formula is C15H20FN. The van der Waals surface area contributed by atoms with Gasteiger partial charge in [-0.25, -0.2) is 4.39 Å². The second-order valence-corrected chi connectivity index (χ2v) is 4.61. The predicted molar refractivity (Wildman–Crippen MR) is 70.8 cm³/mol. The van der Waals surface area contributed by atoms with Crippen LogP contribution in [0.25, 0.3) is 0 Å². The van der Waals surface area contributed by atoms with Crippen LogP contribution in [-0.4, -0.2) is 6.54 Å². The molecule has 1 fully saturated rings. The average Bonchev–Trinajstić information content (AvgIpc) is 2.41. The Kier molecular flexibility index (Phi) is 4.60. The first-order chi connectivity index (χ1) is 8.36. The van der Waals surface area contributed by atoms with E-state index in [0.29, 0.717) is 13.0 Å². The van der Waals surface area contributed by atoms with Gasteiger partial charge in [-0.15, -0.1) is 0 Å². The van der Waals surface area contributed by atoms with Crippen molar-refractivity contribution in [1.29, 1.82) is 0 Å². The number of allylic oxidation sites excluding steroid dienone is 1. The smallest absolute Gasteiger partial charge is 0.101 e. The number of para-hydroxylation sites is 1. The van der Waals surface area contributed by atoms with E-state index in [4.69, 9.17) is 0 Å². The third-order valence-corrected chi connectivity index (χ3v) is 3.29. The van der Waals surface area contributed by atoms with Crippen LogP contribution in [0.1, 0.15) is 38.5 Å². The first-order valence-electron chi connectivity index (χ1n) is 6.51. The Morgan fingerprint density at radius 2 is 1.76 bits per heavy atom. The van der Waals surface area contributed by atoms with E-state index in [-0.39, 0.29) is 5.83 Å². The van der Waals surface area contributed by atoms with Gasteiger partial charge in [0.15, 0.2) is 0 Å². The maximum Gasteiger partial charge on any atom is 0.101 e. The highest BCUT2D eigenvalue weighted by Crippen LogP contribution is 2.27. The number of benzene rings is 1. The molecule has 0 spiro atoms. The van der Waals surface area contributed by atoms with Crippen LogP contribution in [-0.2, 0) is 0 Å². The van der Waals surface area contributed by atoms with Crippen molar-refractivity contribution in [2.75, 3.05) is 11.9 Å². The summed E-state index contributed by atoms with van der Waals surface area (Å²) < 4.78 is 13.8. The zero-order chi connectivity index (χ0) is 11.9. The van der Waals surface area contributed by atoms with Gasteiger partial charge in [0.05, 0.1) is 0 Å². The van der Waals surface area contributed by atoms with E-state index in [2.05, 4.69) is 5.32 Å². The van der Waals surface area contributed by atoms with E-state index in [1.54, 1.807) is 0 Å². The van der Waals surface area contributed by atoms with Crippen molar-refractivity contribution in [2.45, 2.75) is 38.5 Å². The van der Waals surface area contributed by atoms with Gasteiger partial charge in [0.25, 0.3) is 0 Å². The fourth-order valence-electron chi connectivity index (χ4n) is 2.30. The molecule has 0 heterocycles. The molecule has 1 aromatic carbocycles. The Bertz CT molecular complexity index is 362. The quantitative estimate of drug-likeness (QED) is 0.796. The molecule has 0 bridgehead atoms. The molecule has 1 nitrogen and oxygen atoms in total. The summed E-state index contributed by atoms with van der Waals surface area (Å²) >= 11 is 0. The van der Waals surface area contributed by atoms with Crippen molar-refractivity contribution < 1.29 is 4.39 Å². The predicted octanol–water partition coefficient (Wildman–Crippen LogP) is 4.68. The van der Waals surface area contributed by atoms with Crippen LogP contribution in [0.4, 0.5) is 10.1 Å². The summed E-state index contributed by atoms with van der Waals surface area (Å²) in [5, 5.41) is 3.24. The molecule has 2 heteroatoms. The van der Waals surface area contributed by atoms with E-state index in [9.17, 15) is 4.39 Å². The van der Waals surface area contributed by atoms with E-state index in [1.807, 2.05) is 30.3 Å². The lowest BCUT2D eigenvalue weighted by molar-refractivity contribution is 0.525. The zero-order valence-electron chi connectivity index (χ0n) is 10.2. The monoisotopic (exact) mass is 233 g/mol. The number of hydrogen-bond donors (Lipinski definition) is 1. The third kappa shape index (κ3) is 3.88. The van der Waals surface area contributed by atoms with Crippen molar-refractivity contribution >= 4 is 5.69 Å². The molecule has 1 aliphatic carbocycles. The lowest BCUT2D eigenvalue weighted by Gasteiger charge is -2.15. The summed E-state index contributed by atoms with van der Waals surface area (Å²) in [4.78, 5) is 0. The van der Waals surface area contributed by atoms with Gasteiger partial charge in [-0.05, 0) is 43.4 Å². The first-order valence-corrected chi connectivity index (χ1v) is 6.51. The van der Waals surface area contributed by atoms with Crippen molar-refractivity contribution in [1.82, 2.24) is 0 Å². The Labute approximate surface area is 103 Å². The van der Waals surface area contributed by atoms with Gasteiger partial charge < -0.3 is 5.32 Å². The Morgan fingerprint density at radius 1 is 1.06 bits per heavy atom. The molecule has 0 saturated heterocycles. The molecule has 0 aliphatic heterocycles. The maximum absolute atomic E-state index is 13.8. The van der Waals surface area contributed by atoms with Crippen LogP contribution in [0, 0.1) is 0 Å². The molecule has 0 amide bonds. The molecule has 0 aromatic heterocycles. The standard InChI is InChI=1S/C15H20FN/c16-15(13-7-3-1-4-8-13)11-12-17-14-9-5-2-6-10-14/h2,5-6,9-10,17H,1,3-4,7-8,11-12H2. The molecule has 1 saturated carbocycles. The number of rotatable bonds is 4. The maximum atomic E-state index is 13.8. The van der Waals surface area contributed by atoms with Gasteiger partial charge in [0.2, 0.25) is 0 Å². The second-order valence-electron chi connectivity index (χ2n) is 4.61. The van der Waals surface area contributed by atoms with Crippen LogP contribution in [0.3, 0.4) is 0 Å². The summed E-state index contributed by atoms with van der Waals surface area (Å²) in [5.41, 5.74) is 2.13. The minimum absolute atomic E-state index is 0.119. The number of halogens is 1. The van der Waals surface area contributed by atoms with Crippen LogP contribution >= 0.6 is 0 Å². The number of hydrogen-bond acceptors (Lipinski definition) is 1. The van der Waals surface area contributed by atoms with Crippen molar-refractivity contribution in [2.24, 2.45) is 0 Å². The van der Waals surface area contributed by atoms with Gasteiger partial charge in [-0.1, -0.05) is 24.6 Å². The third-order valence-electron chi connectivity index (χ3n) is 3.29. The molecule has 0 radical (unpaired) electrons. The van der Waals surface area contributed by atoms with Crippen LogP contribution in [0.15, 0.2) is 41.7 Å². The molecule has 92 valence electrons. The van der Waals surface area contributed by atoms with E-state index < -0.39 is 0 Å². The molecule has 1 N–H and O–H groups in total. The average molecular weight is 233 g/mol. The molecular weight excluding hydrogens is 213 g/mol. The highest BCUT2D eigenvalue weighted by Gasteiger charge is 2.10. The Hall–Kier alpha value is -1.31. The molecule has 0 atom stereocenters. The number of nitrogens with one attached hydrogen (secondary N) is 1. The fourth-order valence-corrected chi connectivity index (χ4v) is 2.30. The summed E-state index contributed by atoms with van der Waals surface area (Å²) in [5.74, 6) is 0.119. The topological polar surface area (TPSA) is 12.0 Å². The molecule has 2 rings (SSSR count). The Morgan fingerprint density at radius 3 is 2.47 bits per heavy atom. The highest BCUT2D eigenvalue weighted by molar-refractivity contribution is 5.42. The summed E-state index contributed by atoms with van der Waals surface area (Å²) in [7, 11) is 0. The molecule has 0 unspecified atom stereocenters. The lowest BCUT2D eigenvalue weighted by atomic mass is 9.93. The zero-order valence-corrected chi connectivity index (χ0v) is 10.2. The summed E-state index contributed by atoms with van der Waals surface area (Å²) in [6.07, 6.45) is 6.04. The van der Waals surface area contributed by atoms with E-state index in [0.717, 1.165) is 36.9 Å². The largest absolute Gasteiger partial charge is 0.385 e. The minimum Gasteiger partial charge on any atom is -0.385 e. The van der Waals surface area contributed by atoms with Gasteiger partial charge in [-0.2, -0.15) is 0 Å². The van der Waals surface area contributed by atoms with Gasteiger partial charge >= 0.3 is 0 Å². The first kappa shape index (κ1) is 12.2. The normalized spacial score (nSPS) is 15.7. The second kappa shape index (κ2) is 6.43. The van der Waals surface area contributed by atoms with Gasteiger partial charge in [0, 0.05) is 18.7 Å². The molecule has 1 aliphatic rings. The summed E-state index contributed by atoms with van der Waals surface area (Å²) in [6.45, 7) is 0.680. The van der Waals surface area contributed by atoms with Crippen molar-refractivity contribution in [3.05, 3.63) is 41.7 Å². The van der Waals surface area contributed by atoms with Gasteiger partial charge in [-0.3, -0.25) is 0 Å². The summed E-state index contributed by atoms with van der Waals surface area (Å²) in [6, 6.07) is 9.96. The molecule has 17 heavy (non-hydrogen) atoms. The van der Waals surface area contributed by atoms with Crippen LogP contribution in [0.5, 0.6) is 0 Å². The van der Waals surface area contributed by atoms with E-state index >= 15 is 0 Å². The Balaban J connectivity index is 1.78. The molecule has 1 aromatic rings. The van der Waals surface area contributed by atoms with Crippen LogP contribution < -0.4 is 5.32 Å².